The molecule has 1 saturated heterocycles. The van der Waals surface area contributed by atoms with Crippen molar-refractivity contribution in [2.24, 2.45) is 0 Å². The first-order valence-electron chi connectivity index (χ1n) is 11.3. The van der Waals surface area contributed by atoms with Crippen LogP contribution in [0.2, 0.25) is 0 Å². The van der Waals surface area contributed by atoms with Crippen molar-refractivity contribution < 1.29 is 14.3 Å². The van der Waals surface area contributed by atoms with Crippen LogP contribution in [0.1, 0.15) is 16.7 Å². The van der Waals surface area contributed by atoms with Crippen LogP contribution >= 0.6 is 0 Å². The zero-order chi connectivity index (χ0) is 22.3. The van der Waals surface area contributed by atoms with Crippen LogP contribution in [0, 0.1) is 0 Å². The molecular weight excluding hydrogens is 402 g/mol. The van der Waals surface area contributed by atoms with Gasteiger partial charge in [-0.25, -0.2) is 0 Å². The lowest BCUT2D eigenvalue weighted by molar-refractivity contribution is -0.133. The number of nitrogens with zero attached hydrogens (tertiary/aromatic N) is 3. The third-order valence-corrected chi connectivity index (χ3v) is 6.37. The van der Waals surface area contributed by atoms with Gasteiger partial charge < -0.3 is 14.4 Å². The molecule has 2 aromatic carbocycles. The lowest BCUT2D eigenvalue weighted by atomic mass is 9.98. The third-order valence-electron chi connectivity index (χ3n) is 6.37. The van der Waals surface area contributed by atoms with Crippen LogP contribution in [0.3, 0.4) is 0 Å². The number of carbonyl (C=O) groups is 1. The van der Waals surface area contributed by atoms with Crippen LogP contribution in [0.5, 0.6) is 11.5 Å². The summed E-state index contributed by atoms with van der Waals surface area (Å²) >= 11 is 0. The maximum Gasteiger partial charge on any atom is 0.237 e. The van der Waals surface area contributed by atoms with Gasteiger partial charge in [-0.15, -0.1) is 0 Å². The standard InChI is InChI=1S/C26H33N3O3/c1-31-24-17-22-10-12-29(19-23(22)18-25(24)32-2)26(30)20-28-15-13-27(14-16-28)11-6-9-21-7-4-3-5-8-21/h3-9,17-18H,10-16,19-20H2,1-2H3/b9-6+. The molecule has 0 N–H and O–H groups in total. The fourth-order valence-corrected chi connectivity index (χ4v) is 4.42. The fraction of sp³-hybridized carbons (Fsp3) is 0.423. The van der Waals surface area contributed by atoms with Gasteiger partial charge in [0.1, 0.15) is 0 Å². The summed E-state index contributed by atoms with van der Waals surface area (Å²) in [5.41, 5.74) is 3.62. The van der Waals surface area contributed by atoms with E-state index in [-0.39, 0.29) is 5.91 Å². The minimum Gasteiger partial charge on any atom is -0.493 e. The van der Waals surface area contributed by atoms with Crippen molar-refractivity contribution in [3.63, 3.8) is 0 Å². The van der Waals surface area contributed by atoms with Crippen LogP contribution < -0.4 is 9.47 Å². The van der Waals surface area contributed by atoms with Gasteiger partial charge in [-0.3, -0.25) is 14.6 Å². The van der Waals surface area contributed by atoms with Crippen molar-refractivity contribution in [3.05, 3.63) is 65.2 Å². The molecule has 1 fully saturated rings. The second-order valence-electron chi connectivity index (χ2n) is 8.43. The van der Waals surface area contributed by atoms with Gasteiger partial charge in [-0.2, -0.15) is 0 Å². The molecule has 0 spiro atoms. The predicted octanol–water partition coefficient (Wildman–Crippen LogP) is 2.92. The quantitative estimate of drug-likeness (QED) is 0.669. The molecular formula is C26H33N3O3. The van der Waals surface area contributed by atoms with E-state index in [9.17, 15) is 4.79 Å². The van der Waals surface area contributed by atoms with E-state index < -0.39 is 0 Å². The van der Waals surface area contributed by atoms with E-state index in [2.05, 4.69) is 46.2 Å². The van der Waals surface area contributed by atoms with Gasteiger partial charge in [0.2, 0.25) is 5.91 Å². The van der Waals surface area contributed by atoms with Crippen molar-refractivity contribution >= 4 is 12.0 Å². The van der Waals surface area contributed by atoms with E-state index in [4.69, 9.17) is 9.47 Å². The Balaban J connectivity index is 1.24. The molecule has 0 radical (unpaired) electrons. The molecule has 2 aliphatic rings. The lowest BCUT2D eigenvalue weighted by Crippen LogP contribution is -2.50. The zero-order valence-corrected chi connectivity index (χ0v) is 19.1. The van der Waals surface area contributed by atoms with E-state index in [1.165, 1.54) is 11.1 Å². The number of piperazine rings is 1. The molecule has 0 aliphatic carbocycles. The molecule has 2 aromatic rings. The smallest absolute Gasteiger partial charge is 0.237 e. The second-order valence-corrected chi connectivity index (χ2v) is 8.43. The number of ether oxygens (including phenoxy) is 2. The second kappa shape index (κ2) is 10.7. The molecule has 0 unspecified atom stereocenters. The van der Waals surface area contributed by atoms with Crippen molar-refractivity contribution in [2.45, 2.75) is 13.0 Å². The first kappa shape index (κ1) is 22.4. The minimum atomic E-state index is 0.211. The van der Waals surface area contributed by atoms with Crippen molar-refractivity contribution in [1.29, 1.82) is 0 Å². The molecule has 0 aromatic heterocycles. The molecule has 170 valence electrons. The number of amides is 1. The van der Waals surface area contributed by atoms with E-state index in [0.717, 1.165) is 62.8 Å². The van der Waals surface area contributed by atoms with Gasteiger partial charge in [0.15, 0.2) is 11.5 Å². The summed E-state index contributed by atoms with van der Waals surface area (Å²) in [7, 11) is 3.30. The Morgan fingerprint density at radius 2 is 1.56 bits per heavy atom. The topological polar surface area (TPSA) is 45.3 Å². The number of rotatable bonds is 7. The Morgan fingerprint density at radius 3 is 2.25 bits per heavy atom. The van der Waals surface area contributed by atoms with Gasteiger partial charge in [0, 0.05) is 45.8 Å². The predicted molar refractivity (Wildman–Crippen MR) is 127 cm³/mol. The number of hydrogen-bond acceptors (Lipinski definition) is 5. The molecule has 0 atom stereocenters. The Hall–Kier alpha value is -2.83. The molecule has 32 heavy (non-hydrogen) atoms. The van der Waals surface area contributed by atoms with E-state index in [0.29, 0.717) is 13.1 Å². The van der Waals surface area contributed by atoms with Crippen LogP contribution in [0.15, 0.2) is 48.5 Å². The number of benzene rings is 2. The molecule has 2 heterocycles. The van der Waals surface area contributed by atoms with Gasteiger partial charge in [0.05, 0.1) is 20.8 Å². The normalized spacial score (nSPS) is 17.4. The highest BCUT2D eigenvalue weighted by Crippen LogP contribution is 2.33. The Bertz CT molecular complexity index is 937. The number of hydrogen-bond donors (Lipinski definition) is 0. The number of carbonyl (C=O) groups excluding carboxylic acids is 1. The van der Waals surface area contributed by atoms with Crippen LogP contribution in [-0.2, 0) is 17.8 Å². The summed E-state index contributed by atoms with van der Waals surface area (Å²) < 4.78 is 10.8. The molecule has 4 rings (SSSR count). The van der Waals surface area contributed by atoms with Crippen LogP contribution in [-0.4, -0.2) is 80.6 Å². The van der Waals surface area contributed by atoms with Crippen LogP contribution in [0.4, 0.5) is 0 Å². The largest absolute Gasteiger partial charge is 0.493 e. The molecule has 6 heteroatoms. The van der Waals surface area contributed by atoms with Gasteiger partial charge in [0.25, 0.3) is 0 Å². The van der Waals surface area contributed by atoms with E-state index in [1.807, 2.05) is 23.1 Å². The molecule has 0 saturated carbocycles. The SMILES string of the molecule is COc1cc2c(cc1OC)CN(C(=O)CN1CCN(C/C=C/c3ccccc3)CC1)CC2. The summed E-state index contributed by atoms with van der Waals surface area (Å²) in [6.45, 7) is 6.69. The Kier molecular flexibility index (Phi) is 7.45. The molecule has 0 bridgehead atoms. The number of methoxy groups -OCH3 is 2. The molecule has 1 amide bonds. The molecule has 6 nitrogen and oxygen atoms in total. The van der Waals surface area contributed by atoms with Crippen molar-refractivity contribution in [3.8, 4) is 11.5 Å². The Morgan fingerprint density at radius 1 is 0.906 bits per heavy atom. The summed E-state index contributed by atoms with van der Waals surface area (Å²) in [5, 5.41) is 0. The van der Waals surface area contributed by atoms with Crippen molar-refractivity contribution in [2.75, 3.05) is 60.0 Å². The monoisotopic (exact) mass is 435 g/mol. The highest BCUT2D eigenvalue weighted by molar-refractivity contribution is 5.78. The summed E-state index contributed by atoms with van der Waals surface area (Å²) in [6, 6.07) is 14.4. The Labute approximate surface area is 191 Å². The summed E-state index contributed by atoms with van der Waals surface area (Å²) in [6.07, 6.45) is 5.25. The lowest BCUT2D eigenvalue weighted by Gasteiger charge is -2.36. The van der Waals surface area contributed by atoms with Crippen molar-refractivity contribution in [1.82, 2.24) is 14.7 Å². The third kappa shape index (κ3) is 5.50. The molecule has 2 aliphatic heterocycles. The first-order valence-corrected chi connectivity index (χ1v) is 11.3. The highest BCUT2D eigenvalue weighted by atomic mass is 16.5. The minimum absolute atomic E-state index is 0.211. The maximum absolute atomic E-state index is 13.0. The van der Waals surface area contributed by atoms with Gasteiger partial charge in [-0.1, -0.05) is 42.5 Å². The average Bonchev–Trinajstić information content (AvgIpc) is 2.84. The first-order chi connectivity index (χ1) is 15.7. The summed E-state index contributed by atoms with van der Waals surface area (Å²) in [5.74, 6) is 1.68. The van der Waals surface area contributed by atoms with Gasteiger partial charge in [-0.05, 0) is 35.2 Å². The van der Waals surface area contributed by atoms with E-state index >= 15 is 0 Å². The highest BCUT2D eigenvalue weighted by Gasteiger charge is 2.25. The maximum atomic E-state index is 13.0. The number of fused-ring (bicyclic) bond motifs is 1. The van der Waals surface area contributed by atoms with E-state index in [1.54, 1.807) is 14.2 Å². The fourth-order valence-electron chi connectivity index (χ4n) is 4.42. The van der Waals surface area contributed by atoms with Crippen LogP contribution in [0.25, 0.3) is 6.08 Å². The van der Waals surface area contributed by atoms with Gasteiger partial charge >= 0.3 is 0 Å². The summed E-state index contributed by atoms with van der Waals surface area (Å²) in [4.78, 5) is 19.7. The zero-order valence-electron chi connectivity index (χ0n) is 19.1. The average molecular weight is 436 g/mol.